The molecule has 1 fully saturated rings. The fourth-order valence-electron chi connectivity index (χ4n) is 3.87. The van der Waals surface area contributed by atoms with Gasteiger partial charge in [0.2, 0.25) is 5.88 Å². The Hall–Kier alpha value is -2.93. The van der Waals surface area contributed by atoms with Gasteiger partial charge in [0, 0.05) is 18.7 Å². The first-order valence-electron chi connectivity index (χ1n) is 10.2. The molecule has 1 aliphatic rings. The lowest BCUT2D eigenvalue weighted by Crippen LogP contribution is -2.31. The van der Waals surface area contributed by atoms with Crippen molar-refractivity contribution in [2.75, 3.05) is 26.2 Å². The van der Waals surface area contributed by atoms with Crippen molar-refractivity contribution in [2.24, 2.45) is 0 Å². The molecule has 2 heterocycles. The van der Waals surface area contributed by atoms with Crippen molar-refractivity contribution in [3.63, 3.8) is 0 Å². The molecule has 0 amide bonds. The Balaban J connectivity index is 1.51. The average Bonchev–Trinajstić information content (AvgIpc) is 3.09. The molecule has 152 valence electrons. The third-order valence-corrected chi connectivity index (χ3v) is 5.39. The molecule has 2 aromatic carbocycles. The molecule has 7 nitrogen and oxygen atoms in total. The number of ether oxygens (including phenoxy) is 1. The summed E-state index contributed by atoms with van der Waals surface area (Å²) in [7, 11) is 0. The molecule has 0 unspecified atom stereocenters. The van der Waals surface area contributed by atoms with Gasteiger partial charge in [0.05, 0.1) is 29.0 Å². The van der Waals surface area contributed by atoms with Crippen LogP contribution in [0, 0.1) is 10.1 Å². The molecule has 1 saturated heterocycles. The van der Waals surface area contributed by atoms with E-state index in [2.05, 4.69) is 10.00 Å². The molecule has 1 aromatic heterocycles. The van der Waals surface area contributed by atoms with Crippen LogP contribution in [0.4, 0.5) is 5.69 Å². The van der Waals surface area contributed by atoms with Crippen LogP contribution < -0.4 is 4.74 Å². The highest BCUT2D eigenvalue weighted by Gasteiger charge is 2.17. The molecule has 3 aromatic rings. The summed E-state index contributed by atoms with van der Waals surface area (Å²) in [4.78, 5) is 13.3. The zero-order valence-electron chi connectivity index (χ0n) is 16.5. The van der Waals surface area contributed by atoms with Crippen molar-refractivity contribution >= 4 is 16.6 Å². The van der Waals surface area contributed by atoms with Gasteiger partial charge in [0.15, 0.2) is 0 Å². The number of aromatic nitrogens is 2. The van der Waals surface area contributed by atoms with Crippen LogP contribution in [0.2, 0.25) is 0 Å². The Kier molecular flexibility index (Phi) is 6.05. The standard InChI is InChI=1S/C22H26N4O3/c27-26(28)19-10-11-21-20(16-19)22(23-25(21)17-18-8-3-1-4-9-18)29-15-7-14-24-12-5-2-6-13-24/h1,3-4,8-11,16H,2,5-7,12-15,17H2. The van der Waals surface area contributed by atoms with E-state index in [4.69, 9.17) is 4.74 Å². The number of benzene rings is 2. The molecule has 0 aliphatic carbocycles. The van der Waals surface area contributed by atoms with Crippen molar-refractivity contribution in [3.8, 4) is 5.88 Å². The number of hydrogen-bond donors (Lipinski definition) is 0. The van der Waals surface area contributed by atoms with Gasteiger partial charge in [0.1, 0.15) is 0 Å². The summed E-state index contributed by atoms with van der Waals surface area (Å²) in [5.41, 5.74) is 2.01. The van der Waals surface area contributed by atoms with Crippen LogP contribution in [-0.2, 0) is 6.54 Å². The topological polar surface area (TPSA) is 73.4 Å². The van der Waals surface area contributed by atoms with E-state index >= 15 is 0 Å². The van der Waals surface area contributed by atoms with E-state index in [1.54, 1.807) is 12.1 Å². The Morgan fingerprint density at radius 1 is 1.07 bits per heavy atom. The molecule has 4 rings (SSSR count). The zero-order chi connectivity index (χ0) is 20.1. The van der Waals surface area contributed by atoms with Gasteiger partial charge in [-0.1, -0.05) is 36.8 Å². The van der Waals surface area contributed by atoms with E-state index in [9.17, 15) is 10.1 Å². The number of likely N-dealkylation sites (tertiary alicyclic amines) is 1. The molecule has 29 heavy (non-hydrogen) atoms. The highest BCUT2D eigenvalue weighted by atomic mass is 16.6. The monoisotopic (exact) mass is 394 g/mol. The van der Waals surface area contributed by atoms with Crippen LogP contribution in [-0.4, -0.2) is 45.8 Å². The number of non-ortho nitro benzene ring substituents is 1. The molecule has 0 spiro atoms. The number of fused-ring (bicyclic) bond motifs is 1. The Labute approximate surface area is 170 Å². The minimum Gasteiger partial charge on any atom is -0.476 e. The van der Waals surface area contributed by atoms with Crippen molar-refractivity contribution in [2.45, 2.75) is 32.2 Å². The lowest BCUT2D eigenvalue weighted by Gasteiger charge is -2.26. The van der Waals surface area contributed by atoms with E-state index < -0.39 is 0 Å². The van der Waals surface area contributed by atoms with Crippen LogP contribution in [0.15, 0.2) is 48.5 Å². The van der Waals surface area contributed by atoms with Crippen molar-refractivity contribution in [3.05, 3.63) is 64.2 Å². The molecular formula is C22H26N4O3. The second-order valence-corrected chi connectivity index (χ2v) is 7.51. The van der Waals surface area contributed by atoms with Crippen LogP contribution in [0.5, 0.6) is 5.88 Å². The van der Waals surface area contributed by atoms with Crippen LogP contribution in [0.25, 0.3) is 10.9 Å². The molecule has 0 atom stereocenters. The van der Waals surface area contributed by atoms with E-state index in [-0.39, 0.29) is 10.6 Å². The van der Waals surface area contributed by atoms with Crippen molar-refractivity contribution in [1.29, 1.82) is 0 Å². The van der Waals surface area contributed by atoms with Gasteiger partial charge >= 0.3 is 0 Å². The van der Waals surface area contributed by atoms with Crippen LogP contribution in [0.3, 0.4) is 0 Å². The fourth-order valence-corrected chi connectivity index (χ4v) is 3.87. The summed E-state index contributed by atoms with van der Waals surface area (Å²) in [5, 5.41) is 16.5. The number of piperidine rings is 1. The molecule has 0 N–H and O–H groups in total. The lowest BCUT2D eigenvalue weighted by molar-refractivity contribution is -0.384. The average molecular weight is 394 g/mol. The number of nitro benzene ring substituents is 1. The van der Waals surface area contributed by atoms with Crippen molar-refractivity contribution in [1.82, 2.24) is 14.7 Å². The van der Waals surface area contributed by atoms with Gasteiger partial charge in [-0.05, 0) is 44.0 Å². The predicted octanol–water partition coefficient (Wildman–Crippen LogP) is 4.25. The minimum absolute atomic E-state index is 0.0509. The molecule has 0 saturated carbocycles. The highest BCUT2D eigenvalue weighted by Crippen LogP contribution is 2.29. The smallest absolute Gasteiger partial charge is 0.270 e. The van der Waals surface area contributed by atoms with Gasteiger partial charge < -0.3 is 9.64 Å². The minimum atomic E-state index is -0.381. The first kappa shape index (κ1) is 19.4. The molecule has 0 radical (unpaired) electrons. The maximum Gasteiger partial charge on any atom is 0.270 e. The summed E-state index contributed by atoms with van der Waals surface area (Å²) < 4.78 is 7.84. The molecular weight excluding hydrogens is 368 g/mol. The van der Waals surface area contributed by atoms with Gasteiger partial charge in [-0.15, -0.1) is 5.10 Å². The summed E-state index contributed by atoms with van der Waals surface area (Å²) in [6, 6.07) is 14.9. The maximum atomic E-state index is 11.2. The van der Waals surface area contributed by atoms with Crippen molar-refractivity contribution < 1.29 is 9.66 Å². The third kappa shape index (κ3) is 4.74. The van der Waals surface area contributed by atoms with Crippen LogP contribution >= 0.6 is 0 Å². The second kappa shape index (κ2) is 9.05. The number of nitrogens with zero attached hydrogens (tertiary/aromatic N) is 4. The Morgan fingerprint density at radius 2 is 1.86 bits per heavy atom. The normalized spacial score (nSPS) is 14.9. The number of rotatable bonds is 8. The Bertz CT molecular complexity index is 965. The third-order valence-electron chi connectivity index (χ3n) is 5.39. The van der Waals surface area contributed by atoms with Gasteiger partial charge in [0.25, 0.3) is 5.69 Å². The van der Waals surface area contributed by atoms with Gasteiger partial charge in [-0.3, -0.25) is 14.8 Å². The molecule has 7 heteroatoms. The summed E-state index contributed by atoms with van der Waals surface area (Å²) >= 11 is 0. The van der Waals surface area contributed by atoms with Gasteiger partial charge in [-0.2, -0.15) is 0 Å². The van der Waals surface area contributed by atoms with E-state index in [0.29, 0.717) is 24.4 Å². The van der Waals surface area contributed by atoms with Gasteiger partial charge in [-0.25, -0.2) is 0 Å². The largest absolute Gasteiger partial charge is 0.476 e. The SMILES string of the molecule is O=[N+]([O-])c1ccc2c(c1)c(OCCCN1CCCCC1)nn2Cc1ccccc1. The van der Waals surface area contributed by atoms with E-state index in [0.717, 1.165) is 24.0 Å². The van der Waals surface area contributed by atoms with E-state index in [1.807, 2.05) is 35.0 Å². The highest BCUT2D eigenvalue weighted by molar-refractivity contribution is 5.86. The van der Waals surface area contributed by atoms with Crippen LogP contribution in [0.1, 0.15) is 31.2 Å². The van der Waals surface area contributed by atoms with E-state index in [1.165, 1.54) is 38.4 Å². The first-order valence-corrected chi connectivity index (χ1v) is 10.2. The fraction of sp³-hybridized carbons (Fsp3) is 0.409. The maximum absolute atomic E-state index is 11.2. The second-order valence-electron chi connectivity index (χ2n) is 7.51. The summed E-state index contributed by atoms with van der Waals surface area (Å²) in [6.07, 6.45) is 4.80. The number of nitro groups is 1. The molecule has 1 aliphatic heterocycles. The first-order chi connectivity index (χ1) is 14.2. The predicted molar refractivity (Wildman–Crippen MR) is 112 cm³/mol. The number of hydrogen-bond acceptors (Lipinski definition) is 5. The zero-order valence-corrected chi connectivity index (χ0v) is 16.5. The summed E-state index contributed by atoms with van der Waals surface area (Å²) in [6.45, 7) is 4.49. The lowest BCUT2D eigenvalue weighted by atomic mass is 10.1. The quantitative estimate of drug-likeness (QED) is 0.324. The Morgan fingerprint density at radius 3 is 2.62 bits per heavy atom. The summed E-state index contributed by atoms with van der Waals surface area (Å²) in [5.74, 6) is 0.471. The molecule has 0 bridgehead atoms.